The standard InChI is InChI=1S/C5H11IN2O/c1-5(7-9)8(2)4-3-6/h9H,3-4H2,1-2H3/b7-5-. The molecule has 9 heavy (non-hydrogen) atoms. The van der Waals surface area contributed by atoms with Gasteiger partial charge in [0.2, 0.25) is 0 Å². The van der Waals surface area contributed by atoms with Crippen LogP contribution < -0.4 is 0 Å². The summed E-state index contributed by atoms with van der Waals surface area (Å²) in [7, 11) is 1.90. The molecule has 0 bridgehead atoms. The van der Waals surface area contributed by atoms with Crippen molar-refractivity contribution in [1.29, 1.82) is 0 Å². The Hall–Kier alpha value is 0. The fraction of sp³-hybridized carbons (Fsp3) is 0.800. The Balaban J connectivity index is 3.59. The summed E-state index contributed by atoms with van der Waals surface area (Å²) in [6, 6.07) is 0. The van der Waals surface area contributed by atoms with Crippen molar-refractivity contribution in [3.8, 4) is 0 Å². The van der Waals surface area contributed by atoms with Crippen LogP contribution in [0.3, 0.4) is 0 Å². The maximum absolute atomic E-state index is 8.28. The Bertz CT molecular complexity index is 105. The second-order valence-corrected chi connectivity index (χ2v) is 2.84. The summed E-state index contributed by atoms with van der Waals surface area (Å²) in [5.41, 5.74) is 0. The number of hydrogen-bond donors (Lipinski definition) is 1. The number of amidine groups is 1. The van der Waals surface area contributed by atoms with Gasteiger partial charge < -0.3 is 10.1 Å². The Morgan fingerprint density at radius 2 is 2.33 bits per heavy atom. The van der Waals surface area contributed by atoms with Gasteiger partial charge in [-0.3, -0.25) is 0 Å². The number of rotatable bonds is 2. The lowest BCUT2D eigenvalue weighted by molar-refractivity contribution is 0.307. The molecule has 0 unspecified atom stereocenters. The zero-order valence-electron chi connectivity index (χ0n) is 5.63. The lowest BCUT2D eigenvalue weighted by atomic mass is 10.5. The lowest BCUT2D eigenvalue weighted by Crippen LogP contribution is -2.25. The van der Waals surface area contributed by atoms with Crippen LogP contribution in [0.5, 0.6) is 0 Å². The zero-order chi connectivity index (χ0) is 7.28. The van der Waals surface area contributed by atoms with Crippen LogP contribution in [0.2, 0.25) is 0 Å². The van der Waals surface area contributed by atoms with Gasteiger partial charge in [-0.05, 0) is 6.92 Å². The summed E-state index contributed by atoms with van der Waals surface area (Å²) in [5.74, 6) is 0.659. The fourth-order valence-corrected chi connectivity index (χ4v) is 1.09. The topological polar surface area (TPSA) is 35.8 Å². The van der Waals surface area contributed by atoms with E-state index in [2.05, 4.69) is 27.7 Å². The SMILES string of the molecule is C/C(=N/O)N(C)CCI. The van der Waals surface area contributed by atoms with Crippen molar-refractivity contribution in [3.63, 3.8) is 0 Å². The van der Waals surface area contributed by atoms with Crippen molar-refractivity contribution in [2.45, 2.75) is 6.92 Å². The molecule has 0 aromatic carbocycles. The molecule has 3 nitrogen and oxygen atoms in total. The lowest BCUT2D eigenvalue weighted by Gasteiger charge is -2.14. The molecule has 4 heteroatoms. The molecule has 0 rings (SSSR count). The summed E-state index contributed by atoms with van der Waals surface area (Å²) < 4.78 is 1.04. The Kier molecular flexibility index (Phi) is 4.84. The molecule has 0 aliphatic heterocycles. The van der Waals surface area contributed by atoms with E-state index in [1.807, 2.05) is 11.9 Å². The van der Waals surface area contributed by atoms with Crippen LogP contribution >= 0.6 is 22.6 Å². The molecular weight excluding hydrogens is 231 g/mol. The summed E-state index contributed by atoms with van der Waals surface area (Å²) in [6.07, 6.45) is 0. The first-order valence-corrected chi connectivity index (χ1v) is 4.20. The quantitative estimate of drug-likeness (QED) is 0.197. The highest BCUT2D eigenvalue weighted by Gasteiger charge is 1.96. The maximum atomic E-state index is 8.28. The van der Waals surface area contributed by atoms with Crippen LogP contribution in [0.1, 0.15) is 6.92 Å². The average molecular weight is 242 g/mol. The number of hydrogen-bond acceptors (Lipinski definition) is 2. The predicted molar refractivity (Wildman–Crippen MR) is 46.4 cm³/mol. The maximum Gasteiger partial charge on any atom is 0.140 e. The molecule has 0 amide bonds. The molecule has 0 spiro atoms. The number of nitrogens with zero attached hydrogens (tertiary/aromatic N) is 2. The van der Waals surface area contributed by atoms with Crippen LogP contribution in [0.25, 0.3) is 0 Å². The van der Waals surface area contributed by atoms with Crippen molar-refractivity contribution in [2.75, 3.05) is 18.0 Å². The number of halogens is 1. The van der Waals surface area contributed by atoms with Crippen molar-refractivity contribution in [3.05, 3.63) is 0 Å². The number of oxime groups is 1. The Morgan fingerprint density at radius 3 is 2.67 bits per heavy atom. The first-order valence-electron chi connectivity index (χ1n) is 2.68. The first kappa shape index (κ1) is 9.00. The first-order chi connectivity index (χ1) is 4.22. The average Bonchev–Trinajstić information content (AvgIpc) is 1.87. The molecule has 0 aromatic rings. The van der Waals surface area contributed by atoms with Gasteiger partial charge in [-0.1, -0.05) is 27.7 Å². The minimum absolute atomic E-state index is 0.659. The van der Waals surface area contributed by atoms with Crippen LogP contribution in [0.4, 0.5) is 0 Å². The summed E-state index contributed by atoms with van der Waals surface area (Å²) in [5, 5.41) is 11.3. The highest BCUT2D eigenvalue weighted by atomic mass is 127. The molecule has 0 heterocycles. The molecule has 0 aliphatic carbocycles. The largest absolute Gasteiger partial charge is 0.409 e. The van der Waals surface area contributed by atoms with E-state index in [9.17, 15) is 0 Å². The summed E-state index contributed by atoms with van der Waals surface area (Å²) >= 11 is 2.27. The van der Waals surface area contributed by atoms with Gasteiger partial charge in [0.25, 0.3) is 0 Å². The van der Waals surface area contributed by atoms with Gasteiger partial charge in [0.1, 0.15) is 5.84 Å². The molecular formula is C5H11IN2O. The molecule has 0 aliphatic rings. The van der Waals surface area contributed by atoms with Crippen LogP contribution in [-0.4, -0.2) is 34.0 Å². The smallest absolute Gasteiger partial charge is 0.140 e. The third kappa shape index (κ3) is 3.56. The van der Waals surface area contributed by atoms with Crippen molar-refractivity contribution in [2.24, 2.45) is 5.16 Å². The van der Waals surface area contributed by atoms with Crippen LogP contribution in [0, 0.1) is 0 Å². The van der Waals surface area contributed by atoms with Crippen LogP contribution in [0.15, 0.2) is 5.16 Å². The fourth-order valence-electron chi connectivity index (χ4n) is 0.365. The van der Waals surface area contributed by atoms with E-state index in [0.717, 1.165) is 11.0 Å². The Morgan fingerprint density at radius 1 is 1.78 bits per heavy atom. The van der Waals surface area contributed by atoms with E-state index in [1.54, 1.807) is 6.92 Å². The highest BCUT2D eigenvalue weighted by Crippen LogP contribution is 1.88. The predicted octanol–water partition coefficient (Wildman–Crippen LogP) is 1.16. The summed E-state index contributed by atoms with van der Waals surface area (Å²) in [4.78, 5) is 1.90. The van der Waals surface area contributed by atoms with Gasteiger partial charge in [-0.2, -0.15) is 0 Å². The van der Waals surface area contributed by atoms with E-state index in [0.29, 0.717) is 5.84 Å². The minimum atomic E-state index is 0.659. The van der Waals surface area contributed by atoms with E-state index < -0.39 is 0 Å². The van der Waals surface area contributed by atoms with E-state index in [-0.39, 0.29) is 0 Å². The molecule has 0 radical (unpaired) electrons. The molecule has 1 N–H and O–H groups in total. The monoisotopic (exact) mass is 242 g/mol. The molecule has 0 atom stereocenters. The van der Waals surface area contributed by atoms with Gasteiger partial charge in [-0.15, -0.1) is 0 Å². The second kappa shape index (κ2) is 4.84. The third-order valence-electron chi connectivity index (χ3n) is 1.12. The van der Waals surface area contributed by atoms with Crippen molar-refractivity contribution in [1.82, 2.24) is 4.90 Å². The number of alkyl halides is 1. The van der Waals surface area contributed by atoms with Crippen LogP contribution in [-0.2, 0) is 0 Å². The van der Waals surface area contributed by atoms with Gasteiger partial charge in [0.15, 0.2) is 0 Å². The molecule has 54 valence electrons. The van der Waals surface area contributed by atoms with Crippen molar-refractivity contribution < 1.29 is 5.21 Å². The third-order valence-corrected chi connectivity index (χ3v) is 1.60. The molecule has 0 fully saturated rings. The van der Waals surface area contributed by atoms with Gasteiger partial charge in [0.05, 0.1) is 0 Å². The molecule has 0 aromatic heterocycles. The van der Waals surface area contributed by atoms with E-state index >= 15 is 0 Å². The van der Waals surface area contributed by atoms with Gasteiger partial charge >= 0.3 is 0 Å². The van der Waals surface area contributed by atoms with E-state index in [4.69, 9.17) is 5.21 Å². The minimum Gasteiger partial charge on any atom is -0.409 e. The van der Waals surface area contributed by atoms with Gasteiger partial charge in [0, 0.05) is 18.0 Å². The molecule has 0 saturated carbocycles. The summed E-state index contributed by atoms with van der Waals surface area (Å²) in [6.45, 7) is 2.70. The van der Waals surface area contributed by atoms with Gasteiger partial charge in [-0.25, -0.2) is 0 Å². The normalized spacial score (nSPS) is 11.7. The Labute approximate surface area is 68.9 Å². The zero-order valence-corrected chi connectivity index (χ0v) is 7.79. The second-order valence-electron chi connectivity index (χ2n) is 1.76. The highest BCUT2D eigenvalue weighted by molar-refractivity contribution is 14.1. The van der Waals surface area contributed by atoms with Crippen molar-refractivity contribution >= 4 is 28.4 Å². The molecule has 0 saturated heterocycles. The van der Waals surface area contributed by atoms with E-state index in [1.165, 1.54) is 0 Å².